The summed E-state index contributed by atoms with van der Waals surface area (Å²) in [5.41, 5.74) is 2.48. The quantitative estimate of drug-likeness (QED) is 0.788. The lowest BCUT2D eigenvalue weighted by molar-refractivity contribution is -0.122. The van der Waals surface area contributed by atoms with Gasteiger partial charge in [-0.05, 0) is 35.7 Å². The predicted octanol–water partition coefficient (Wildman–Crippen LogP) is 5.11. The first kappa shape index (κ1) is 18.7. The number of nitrogens with one attached hydrogen (secondary N) is 1. The normalized spacial score (nSPS) is 17.0. The second kappa shape index (κ2) is 7.68. The fourth-order valence-corrected chi connectivity index (χ4v) is 3.69. The standard InChI is InChI=1S/C20H20Cl2N2O2/c1-12(2)17-5-3-4-6-18(17)23-20(26)13-7-19(25)24(11-13)16-9-14(21)8-15(22)10-16/h3-6,8-10,12-13H,7,11H2,1-2H3,(H,23,26). The van der Waals surface area contributed by atoms with Crippen molar-refractivity contribution >= 4 is 46.4 Å². The first-order valence-electron chi connectivity index (χ1n) is 8.51. The molecule has 0 bridgehead atoms. The van der Waals surface area contributed by atoms with Crippen LogP contribution in [-0.2, 0) is 9.59 Å². The molecule has 0 saturated carbocycles. The Kier molecular flexibility index (Phi) is 5.54. The Morgan fingerprint density at radius 3 is 2.46 bits per heavy atom. The Hall–Kier alpha value is -2.04. The topological polar surface area (TPSA) is 49.4 Å². The van der Waals surface area contributed by atoms with Crippen LogP contribution in [-0.4, -0.2) is 18.4 Å². The van der Waals surface area contributed by atoms with Crippen molar-refractivity contribution < 1.29 is 9.59 Å². The number of nitrogens with zero attached hydrogens (tertiary/aromatic N) is 1. The summed E-state index contributed by atoms with van der Waals surface area (Å²) in [4.78, 5) is 26.7. The van der Waals surface area contributed by atoms with E-state index in [0.717, 1.165) is 11.3 Å². The van der Waals surface area contributed by atoms with Crippen LogP contribution < -0.4 is 10.2 Å². The van der Waals surface area contributed by atoms with E-state index in [-0.39, 0.29) is 18.2 Å². The Morgan fingerprint density at radius 2 is 1.81 bits per heavy atom. The molecule has 1 aliphatic rings. The molecule has 1 aliphatic heterocycles. The molecule has 0 aromatic heterocycles. The number of amides is 2. The highest BCUT2D eigenvalue weighted by Crippen LogP contribution is 2.31. The molecule has 1 fully saturated rings. The third kappa shape index (κ3) is 4.02. The monoisotopic (exact) mass is 390 g/mol. The minimum Gasteiger partial charge on any atom is -0.326 e. The van der Waals surface area contributed by atoms with Gasteiger partial charge in [0.1, 0.15) is 0 Å². The largest absolute Gasteiger partial charge is 0.326 e. The maximum atomic E-state index is 12.7. The first-order chi connectivity index (χ1) is 12.3. The van der Waals surface area contributed by atoms with Gasteiger partial charge in [0.2, 0.25) is 11.8 Å². The van der Waals surface area contributed by atoms with Gasteiger partial charge < -0.3 is 10.2 Å². The average Bonchev–Trinajstić information content (AvgIpc) is 2.96. The van der Waals surface area contributed by atoms with E-state index in [1.807, 2.05) is 24.3 Å². The Balaban J connectivity index is 1.75. The summed E-state index contributed by atoms with van der Waals surface area (Å²) < 4.78 is 0. The van der Waals surface area contributed by atoms with Gasteiger partial charge in [-0.25, -0.2) is 0 Å². The van der Waals surface area contributed by atoms with Crippen molar-refractivity contribution in [3.05, 3.63) is 58.1 Å². The van der Waals surface area contributed by atoms with E-state index in [9.17, 15) is 9.59 Å². The lowest BCUT2D eigenvalue weighted by Crippen LogP contribution is -2.28. The lowest BCUT2D eigenvalue weighted by Gasteiger charge is -2.18. The van der Waals surface area contributed by atoms with Crippen molar-refractivity contribution in [3.63, 3.8) is 0 Å². The second-order valence-corrected chi connectivity index (χ2v) is 7.64. The summed E-state index contributed by atoms with van der Waals surface area (Å²) in [6.07, 6.45) is 0.166. The molecule has 6 heteroatoms. The highest BCUT2D eigenvalue weighted by molar-refractivity contribution is 6.35. The number of carbonyl (C=O) groups excluding carboxylic acids is 2. The Morgan fingerprint density at radius 1 is 1.15 bits per heavy atom. The van der Waals surface area contributed by atoms with Crippen LogP contribution in [0, 0.1) is 5.92 Å². The molecule has 1 heterocycles. The number of rotatable bonds is 4. The van der Waals surface area contributed by atoms with Crippen LogP contribution in [0.15, 0.2) is 42.5 Å². The van der Waals surface area contributed by atoms with Gasteiger partial charge in [0.05, 0.1) is 5.92 Å². The van der Waals surface area contributed by atoms with Crippen LogP contribution in [0.1, 0.15) is 31.7 Å². The summed E-state index contributed by atoms with van der Waals surface area (Å²) in [5, 5.41) is 3.89. The smallest absolute Gasteiger partial charge is 0.229 e. The van der Waals surface area contributed by atoms with Gasteiger partial charge in [-0.15, -0.1) is 0 Å². The lowest BCUT2D eigenvalue weighted by atomic mass is 10.0. The third-order valence-corrected chi connectivity index (χ3v) is 4.93. The molecule has 1 N–H and O–H groups in total. The average molecular weight is 391 g/mol. The van der Waals surface area contributed by atoms with Crippen molar-refractivity contribution in [2.45, 2.75) is 26.2 Å². The highest BCUT2D eigenvalue weighted by atomic mass is 35.5. The summed E-state index contributed by atoms with van der Waals surface area (Å²) in [5.74, 6) is -0.384. The second-order valence-electron chi connectivity index (χ2n) is 6.76. The van der Waals surface area contributed by atoms with Gasteiger partial charge in [-0.2, -0.15) is 0 Å². The molecule has 1 saturated heterocycles. The SMILES string of the molecule is CC(C)c1ccccc1NC(=O)C1CC(=O)N(c2cc(Cl)cc(Cl)c2)C1. The summed E-state index contributed by atoms with van der Waals surface area (Å²) in [6.45, 7) is 4.47. The number of anilines is 2. The number of benzene rings is 2. The van der Waals surface area contributed by atoms with Crippen LogP contribution in [0.25, 0.3) is 0 Å². The summed E-state index contributed by atoms with van der Waals surface area (Å²) >= 11 is 12.1. The molecule has 4 nitrogen and oxygen atoms in total. The van der Waals surface area contributed by atoms with E-state index in [0.29, 0.717) is 28.2 Å². The summed E-state index contributed by atoms with van der Waals surface area (Å²) in [6, 6.07) is 12.7. The van der Waals surface area contributed by atoms with E-state index < -0.39 is 5.92 Å². The summed E-state index contributed by atoms with van der Waals surface area (Å²) in [7, 11) is 0. The van der Waals surface area contributed by atoms with Crippen molar-refractivity contribution in [1.29, 1.82) is 0 Å². The zero-order valence-electron chi connectivity index (χ0n) is 14.6. The molecule has 1 unspecified atom stereocenters. The van der Waals surface area contributed by atoms with Gasteiger partial charge >= 0.3 is 0 Å². The molecule has 136 valence electrons. The van der Waals surface area contributed by atoms with Crippen LogP contribution in [0.4, 0.5) is 11.4 Å². The molecule has 2 aromatic rings. The molecule has 0 aliphatic carbocycles. The Bertz CT molecular complexity index is 831. The van der Waals surface area contributed by atoms with Gasteiger partial charge in [-0.3, -0.25) is 9.59 Å². The van der Waals surface area contributed by atoms with Gasteiger partial charge in [-0.1, -0.05) is 55.2 Å². The molecule has 2 amide bonds. The molecule has 1 atom stereocenters. The fourth-order valence-electron chi connectivity index (χ4n) is 3.18. The van der Waals surface area contributed by atoms with Crippen molar-refractivity contribution in [3.8, 4) is 0 Å². The van der Waals surface area contributed by atoms with Crippen molar-refractivity contribution in [2.75, 3.05) is 16.8 Å². The molecular weight excluding hydrogens is 371 g/mol. The van der Waals surface area contributed by atoms with Gasteiger partial charge in [0.25, 0.3) is 0 Å². The van der Waals surface area contributed by atoms with E-state index in [1.165, 1.54) is 0 Å². The number of hydrogen-bond acceptors (Lipinski definition) is 2. The van der Waals surface area contributed by atoms with Gasteiger partial charge in [0.15, 0.2) is 0 Å². The number of carbonyl (C=O) groups is 2. The van der Waals surface area contributed by atoms with Crippen LogP contribution in [0.3, 0.4) is 0 Å². The van der Waals surface area contributed by atoms with Gasteiger partial charge in [0, 0.05) is 34.4 Å². The van der Waals surface area contributed by atoms with Crippen LogP contribution >= 0.6 is 23.2 Å². The maximum Gasteiger partial charge on any atom is 0.229 e. The van der Waals surface area contributed by atoms with Crippen molar-refractivity contribution in [1.82, 2.24) is 0 Å². The number of hydrogen-bond donors (Lipinski definition) is 1. The molecule has 26 heavy (non-hydrogen) atoms. The molecule has 0 radical (unpaired) electrons. The molecule has 3 rings (SSSR count). The zero-order chi connectivity index (χ0) is 18.8. The maximum absolute atomic E-state index is 12.7. The van der Waals surface area contributed by atoms with E-state index in [2.05, 4.69) is 19.2 Å². The van der Waals surface area contributed by atoms with Crippen LogP contribution in [0.5, 0.6) is 0 Å². The fraction of sp³-hybridized carbons (Fsp3) is 0.300. The highest BCUT2D eigenvalue weighted by Gasteiger charge is 2.35. The minimum atomic E-state index is -0.416. The Labute approximate surface area is 163 Å². The molecule has 0 spiro atoms. The van der Waals surface area contributed by atoms with Crippen molar-refractivity contribution in [2.24, 2.45) is 5.92 Å². The molecular formula is C20H20Cl2N2O2. The van der Waals surface area contributed by atoms with E-state index >= 15 is 0 Å². The van der Waals surface area contributed by atoms with Crippen LogP contribution in [0.2, 0.25) is 10.0 Å². The minimum absolute atomic E-state index is 0.111. The van der Waals surface area contributed by atoms with E-state index in [1.54, 1.807) is 23.1 Å². The van der Waals surface area contributed by atoms with E-state index in [4.69, 9.17) is 23.2 Å². The zero-order valence-corrected chi connectivity index (χ0v) is 16.1. The first-order valence-corrected chi connectivity index (χ1v) is 9.27. The third-order valence-electron chi connectivity index (χ3n) is 4.50. The number of para-hydroxylation sites is 1. The number of halogens is 2. The molecule has 2 aromatic carbocycles. The predicted molar refractivity (Wildman–Crippen MR) is 106 cm³/mol.